The molecule has 0 aliphatic carbocycles. The maximum Gasteiger partial charge on any atom is 0.433 e. The van der Waals surface area contributed by atoms with Crippen LogP contribution in [0.3, 0.4) is 0 Å². The average Bonchev–Trinajstić information content (AvgIpc) is 3.22. The van der Waals surface area contributed by atoms with Gasteiger partial charge < -0.3 is 15.8 Å². The minimum Gasteiger partial charge on any atom is -0.490 e. The van der Waals surface area contributed by atoms with Gasteiger partial charge in [0.2, 0.25) is 0 Å². The van der Waals surface area contributed by atoms with E-state index in [1.54, 1.807) is 38.3 Å². The second-order valence-corrected chi connectivity index (χ2v) is 10.0. The molecule has 0 saturated heterocycles. The number of aromatic nitrogens is 4. The van der Waals surface area contributed by atoms with E-state index in [4.69, 9.17) is 22.1 Å². The average molecular weight is 579 g/mol. The third-order valence-corrected chi connectivity index (χ3v) is 6.62. The van der Waals surface area contributed by atoms with Gasteiger partial charge in [-0.3, -0.25) is 14.2 Å². The second kappa shape index (κ2) is 10.9. The van der Waals surface area contributed by atoms with Crippen LogP contribution in [0.5, 0.6) is 5.75 Å². The molecule has 2 atom stereocenters. The van der Waals surface area contributed by atoms with Crippen molar-refractivity contribution in [3.05, 3.63) is 81.5 Å². The Morgan fingerprint density at radius 3 is 2.50 bits per heavy atom. The van der Waals surface area contributed by atoms with Crippen LogP contribution in [-0.4, -0.2) is 31.4 Å². The summed E-state index contributed by atoms with van der Waals surface area (Å²) in [4.78, 5) is 25.6. The van der Waals surface area contributed by atoms with Crippen molar-refractivity contribution in [1.82, 2.24) is 24.7 Å². The van der Waals surface area contributed by atoms with Gasteiger partial charge in [-0.15, -0.1) is 0 Å². The van der Waals surface area contributed by atoms with E-state index in [2.05, 4.69) is 20.3 Å². The first-order valence-electron chi connectivity index (χ1n) is 12.3. The van der Waals surface area contributed by atoms with Crippen molar-refractivity contribution in [2.75, 3.05) is 5.73 Å². The van der Waals surface area contributed by atoms with Crippen molar-refractivity contribution < 1.29 is 27.1 Å². The zero-order chi connectivity index (χ0) is 29.5. The van der Waals surface area contributed by atoms with E-state index in [0.29, 0.717) is 22.6 Å². The Hall–Kier alpha value is -3.93. The summed E-state index contributed by atoms with van der Waals surface area (Å²) in [6.07, 6.45) is -0.939. The van der Waals surface area contributed by atoms with Crippen LogP contribution in [0.15, 0.2) is 36.8 Å². The highest BCUT2D eigenvalue weighted by Crippen LogP contribution is 2.40. The normalized spacial score (nSPS) is 13.5. The van der Waals surface area contributed by atoms with Gasteiger partial charge in [-0.1, -0.05) is 18.5 Å². The van der Waals surface area contributed by atoms with Gasteiger partial charge in [0.05, 0.1) is 22.9 Å². The molecule has 3 N–H and O–H groups in total. The predicted octanol–water partition coefficient (Wildman–Crippen LogP) is 6.26. The number of hydrogen-bond acceptors (Lipinski definition) is 6. The standard InChI is InChI=1S/C27H27ClF4N6O2/c1-12(2)40-23-17(13(3)25-36-15(5)22-24(33)35-8-9-38(22)25)11-18(28)21(29)20(23)26(39)37-14(4)16-6-7-34-19(10-16)27(30,31)32/h6-14H,1-5H3,(H2,33,35)(H,37,39). The molecule has 0 aliphatic rings. The van der Waals surface area contributed by atoms with Crippen LogP contribution in [0, 0.1) is 12.7 Å². The lowest BCUT2D eigenvalue weighted by atomic mass is 9.95. The molecule has 3 aromatic heterocycles. The number of hydrogen-bond donors (Lipinski definition) is 2. The van der Waals surface area contributed by atoms with Gasteiger partial charge in [-0.05, 0) is 51.5 Å². The van der Waals surface area contributed by atoms with Crippen LogP contribution in [-0.2, 0) is 6.18 Å². The Kier molecular flexibility index (Phi) is 7.93. The number of ether oxygens (including phenoxy) is 1. The topological polar surface area (TPSA) is 107 Å². The van der Waals surface area contributed by atoms with E-state index in [1.165, 1.54) is 25.3 Å². The zero-order valence-electron chi connectivity index (χ0n) is 22.3. The van der Waals surface area contributed by atoms with Gasteiger partial charge >= 0.3 is 6.18 Å². The number of rotatable bonds is 7. The molecule has 40 heavy (non-hydrogen) atoms. The number of halogens is 5. The number of anilines is 1. The van der Waals surface area contributed by atoms with Crippen molar-refractivity contribution in [2.45, 2.75) is 58.9 Å². The highest BCUT2D eigenvalue weighted by atomic mass is 35.5. The Balaban J connectivity index is 1.80. The lowest BCUT2D eigenvalue weighted by Gasteiger charge is -2.23. The molecule has 0 aliphatic heterocycles. The predicted molar refractivity (Wildman–Crippen MR) is 142 cm³/mol. The summed E-state index contributed by atoms with van der Waals surface area (Å²) in [6.45, 7) is 8.46. The van der Waals surface area contributed by atoms with E-state index in [9.17, 15) is 18.0 Å². The Morgan fingerprint density at radius 1 is 1.15 bits per heavy atom. The molecule has 1 amide bonds. The van der Waals surface area contributed by atoms with Crippen molar-refractivity contribution in [3.8, 4) is 5.75 Å². The van der Waals surface area contributed by atoms with Crippen molar-refractivity contribution in [3.63, 3.8) is 0 Å². The Morgan fingerprint density at radius 2 is 1.85 bits per heavy atom. The molecule has 212 valence electrons. The van der Waals surface area contributed by atoms with Crippen LogP contribution in [0.25, 0.3) is 5.52 Å². The van der Waals surface area contributed by atoms with Gasteiger partial charge in [-0.25, -0.2) is 14.4 Å². The first kappa shape index (κ1) is 29.1. The number of nitrogens with two attached hydrogens (primary N) is 1. The van der Waals surface area contributed by atoms with E-state index in [0.717, 1.165) is 12.3 Å². The summed E-state index contributed by atoms with van der Waals surface area (Å²) < 4.78 is 62.7. The molecule has 4 aromatic rings. The molecule has 4 rings (SSSR count). The number of pyridine rings is 1. The SMILES string of the molecule is Cc1nc(C(C)c2cc(Cl)c(F)c(C(=O)NC(C)c3ccnc(C(F)(F)F)c3)c2OC(C)C)n2ccnc(N)c12. The lowest BCUT2D eigenvalue weighted by molar-refractivity contribution is -0.141. The van der Waals surface area contributed by atoms with Gasteiger partial charge in [0.25, 0.3) is 5.91 Å². The largest absolute Gasteiger partial charge is 0.490 e. The number of imidazole rings is 1. The Labute approximate surface area is 232 Å². The molecule has 0 fully saturated rings. The van der Waals surface area contributed by atoms with Crippen LogP contribution in [0.4, 0.5) is 23.4 Å². The number of fused-ring (bicyclic) bond motifs is 1. The fraction of sp³-hybridized carbons (Fsp3) is 0.333. The minimum absolute atomic E-state index is 0.0590. The van der Waals surface area contributed by atoms with Crippen LogP contribution in [0.1, 0.15) is 78.4 Å². The van der Waals surface area contributed by atoms with E-state index in [-0.39, 0.29) is 22.2 Å². The number of nitrogens with zero attached hydrogens (tertiary/aromatic N) is 4. The molecular weight excluding hydrogens is 552 g/mol. The Bertz CT molecular complexity index is 1590. The molecule has 2 unspecified atom stereocenters. The molecule has 0 bridgehead atoms. The molecule has 8 nitrogen and oxygen atoms in total. The number of nitrogen functional groups attached to an aromatic ring is 1. The number of nitrogens with one attached hydrogen (secondary N) is 1. The first-order chi connectivity index (χ1) is 18.7. The maximum absolute atomic E-state index is 15.5. The van der Waals surface area contributed by atoms with Crippen LogP contribution in [0.2, 0.25) is 5.02 Å². The molecule has 0 saturated carbocycles. The summed E-state index contributed by atoms with van der Waals surface area (Å²) in [6, 6.07) is 2.60. The number of carbonyl (C=O) groups excluding carboxylic acids is 1. The fourth-order valence-corrected chi connectivity index (χ4v) is 4.66. The summed E-state index contributed by atoms with van der Waals surface area (Å²) in [5.41, 5.74) is 6.20. The van der Waals surface area contributed by atoms with Gasteiger partial charge in [-0.2, -0.15) is 13.2 Å². The summed E-state index contributed by atoms with van der Waals surface area (Å²) in [5, 5.41) is 2.23. The lowest BCUT2D eigenvalue weighted by Crippen LogP contribution is -2.29. The second-order valence-electron chi connectivity index (χ2n) is 9.61. The quantitative estimate of drug-likeness (QED) is 0.251. The summed E-state index contributed by atoms with van der Waals surface area (Å²) in [5.74, 6) is -1.76. The van der Waals surface area contributed by atoms with Crippen LogP contribution < -0.4 is 15.8 Å². The van der Waals surface area contributed by atoms with Crippen molar-refractivity contribution >= 4 is 28.8 Å². The number of alkyl halides is 3. The highest BCUT2D eigenvalue weighted by molar-refractivity contribution is 6.31. The fourth-order valence-electron chi connectivity index (χ4n) is 4.45. The highest BCUT2D eigenvalue weighted by Gasteiger charge is 2.34. The number of aryl methyl sites for hydroxylation is 1. The minimum atomic E-state index is -4.67. The third-order valence-electron chi connectivity index (χ3n) is 6.34. The smallest absolute Gasteiger partial charge is 0.433 e. The van der Waals surface area contributed by atoms with Crippen molar-refractivity contribution in [2.24, 2.45) is 0 Å². The summed E-state index contributed by atoms with van der Waals surface area (Å²) >= 11 is 6.28. The van der Waals surface area contributed by atoms with Gasteiger partial charge in [0.1, 0.15) is 34.2 Å². The summed E-state index contributed by atoms with van der Waals surface area (Å²) in [7, 11) is 0. The van der Waals surface area contributed by atoms with Crippen LogP contribution >= 0.6 is 11.6 Å². The first-order valence-corrected chi connectivity index (χ1v) is 12.7. The van der Waals surface area contributed by atoms with E-state index < -0.39 is 47.2 Å². The molecule has 1 aromatic carbocycles. The van der Waals surface area contributed by atoms with Gasteiger partial charge in [0.15, 0.2) is 5.82 Å². The monoisotopic (exact) mass is 578 g/mol. The maximum atomic E-state index is 15.5. The third kappa shape index (κ3) is 5.53. The molecule has 0 radical (unpaired) electrons. The van der Waals surface area contributed by atoms with E-state index in [1.807, 2.05) is 0 Å². The van der Waals surface area contributed by atoms with Crippen molar-refractivity contribution in [1.29, 1.82) is 0 Å². The number of carbonyl (C=O) groups is 1. The van der Waals surface area contributed by atoms with Gasteiger partial charge in [0, 0.05) is 30.1 Å². The number of amides is 1. The number of benzene rings is 1. The molecular formula is C27H27ClF4N6O2. The molecule has 3 heterocycles. The zero-order valence-corrected chi connectivity index (χ0v) is 23.0. The van der Waals surface area contributed by atoms with E-state index >= 15 is 4.39 Å². The molecule has 13 heteroatoms. The molecule has 0 spiro atoms.